The SMILES string of the molecule is CCCCN1C(=O)CCC(C(=O)NCCc2ccccc2C)C1c1ccccc1OC. The molecule has 0 aliphatic carbocycles. The Morgan fingerprint density at radius 1 is 1.16 bits per heavy atom. The Bertz CT molecular complexity index is 896. The lowest BCUT2D eigenvalue weighted by Crippen LogP contribution is -2.48. The van der Waals surface area contributed by atoms with Gasteiger partial charge in [-0.05, 0) is 43.4 Å². The monoisotopic (exact) mass is 422 g/mol. The van der Waals surface area contributed by atoms with Crippen LogP contribution in [0.2, 0.25) is 0 Å². The molecule has 0 spiro atoms. The Kier molecular flexibility index (Phi) is 8.10. The molecule has 166 valence electrons. The van der Waals surface area contributed by atoms with Crippen molar-refractivity contribution in [3.8, 4) is 5.75 Å². The lowest BCUT2D eigenvalue weighted by Gasteiger charge is -2.41. The Hall–Kier alpha value is -2.82. The summed E-state index contributed by atoms with van der Waals surface area (Å²) in [5, 5.41) is 3.14. The highest BCUT2D eigenvalue weighted by molar-refractivity contribution is 5.85. The summed E-state index contributed by atoms with van der Waals surface area (Å²) >= 11 is 0. The second-order valence-corrected chi connectivity index (χ2v) is 8.24. The third kappa shape index (κ3) is 5.46. The van der Waals surface area contributed by atoms with Crippen LogP contribution in [0.4, 0.5) is 0 Å². The highest BCUT2D eigenvalue weighted by Gasteiger charge is 2.41. The average molecular weight is 423 g/mol. The van der Waals surface area contributed by atoms with E-state index in [9.17, 15) is 9.59 Å². The molecule has 5 heteroatoms. The van der Waals surface area contributed by atoms with Gasteiger partial charge in [-0.25, -0.2) is 0 Å². The van der Waals surface area contributed by atoms with Gasteiger partial charge < -0.3 is 15.0 Å². The number of methoxy groups -OCH3 is 1. The van der Waals surface area contributed by atoms with Crippen molar-refractivity contribution >= 4 is 11.8 Å². The summed E-state index contributed by atoms with van der Waals surface area (Å²) in [5.41, 5.74) is 3.39. The number of hydrogen-bond acceptors (Lipinski definition) is 3. The van der Waals surface area contributed by atoms with Crippen LogP contribution in [0, 0.1) is 12.8 Å². The molecule has 0 radical (unpaired) electrons. The lowest BCUT2D eigenvalue weighted by molar-refractivity contribution is -0.143. The molecular formula is C26H34N2O3. The predicted molar refractivity (Wildman–Crippen MR) is 123 cm³/mol. The second kappa shape index (κ2) is 11.0. The van der Waals surface area contributed by atoms with Gasteiger partial charge >= 0.3 is 0 Å². The highest BCUT2D eigenvalue weighted by atomic mass is 16.5. The first-order valence-electron chi connectivity index (χ1n) is 11.3. The van der Waals surface area contributed by atoms with Gasteiger partial charge in [0.05, 0.1) is 19.1 Å². The first-order chi connectivity index (χ1) is 15.1. The van der Waals surface area contributed by atoms with Gasteiger partial charge in [-0.15, -0.1) is 0 Å². The van der Waals surface area contributed by atoms with Gasteiger partial charge in [-0.3, -0.25) is 9.59 Å². The first kappa shape index (κ1) is 22.9. The molecule has 1 fully saturated rings. The summed E-state index contributed by atoms with van der Waals surface area (Å²) in [6, 6.07) is 15.7. The number of nitrogens with one attached hydrogen (secondary N) is 1. The molecule has 1 N–H and O–H groups in total. The van der Waals surface area contributed by atoms with Crippen LogP contribution >= 0.6 is 0 Å². The Labute approximate surface area is 185 Å². The number of likely N-dealkylation sites (tertiary alicyclic amines) is 1. The molecule has 31 heavy (non-hydrogen) atoms. The smallest absolute Gasteiger partial charge is 0.225 e. The molecule has 1 saturated heterocycles. The summed E-state index contributed by atoms with van der Waals surface area (Å²) in [4.78, 5) is 28.0. The van der Waals surface area contributed by atoms with E-state index in [-0.39, 0.29) is 23.8 Å². The van der Waals surface area contributed by atoms with E-state index in [0.29, 0.717) is 25.9 Å². The number of nitrogens with zero attached hydrogens (tertiary/aromatic N) is 1. The van der Waals surface area contributed by atoms with E-state index in [0.717, 1.165) is 30.6 Å². The minimum atomic E-state index is -0.303. The molecule has 5 nitrogen and oxygen atoms in total. The van der Waals surface area contributed by atoms with Gasteiger partial charge in [0.25, 0.3) is 0 Å². The molecular weight excluding hydrogens is 388 g/mol. The molecule has 2 aromatic carbocycles. The summed E-state index contributed by atoms with van der Waals surface area (Å²) in [6.45, 7) is 5.45. The maximum Gasteiger partial charge on any atom is 0.225 e. The molecule has 3 rings (SSSR count). The van der Waals surface area contributed by atoms with Gasteiger partial charge in [-0.2, -0.15) is 0 Å². The fourth-order valence-corrected chi connectivity index (χ4v) is 4.46. The maximum atomic E-state index is 13.3. The van der Waals surface area contributed by atoms with E-state index in [2.05, 4.69) is 31.3 Å². The fraction of sp³-hybridized carbons (Fsp3) is 0.462. The average Bonchev–Trinajstić information content (AvgIpc) is 2.79. The number of aryl methyl sites for hydroxylation is 1. The summed E-state index contributed by atoms with van der Waals surface area (Å²) in [7, 11) is 1.64. The van der Waals surface area contributed by atoms with Gasteiger partial charge in [0.15, 0.2) is 0 Å². The molecule has 1 aliphatic heterocycles. The van der Waals surface area contributed by atoms with Crippen LogP contribution in [0.25, 0.3) is 0 Å². The number of amides is 2. The number of hydrogen-bond donors (Lipinski definition) is 1. The summed E-state index contributed by atoms with van der Waals surface area (Å²) in [5.74, 6) is 0.566. The van der Waals surface area contributed by atoms with Crippen molar-refractivity contribution in [3.63, 3.8) is 0 Å². The zero-order valence-corrected chi connectivity index (χ0v) is 18.9. The van der Waals surface area contributed by atoms with Gasteiger partial charge in [0.1, 0.15) is 5.75 Å². The second-order valence-electron chi connectivity index (χ2n) is 8.24. The van der Waals surface area contributed by atoms with Crippen molar-refractivity contribution in [2.45, 2.75) is 52.0 Å². The Balaban J connectivity index is 1.80. The van der Waals surface area contributed by atoms with E-state index < -0.39 is 0 Å². The molecule has 0 saturated carbocycles. The number of rotatable bonds is 9. The van der Waals surface area contributed by atoms with Crippen LogP contribution in [-0.2, 0) is 16.0 Å². The fourth-order valence-electron chi connectivity index (χ4n) is 4.46. The maximum absolute atomic E-state index is 13.3. The molecule has 2 atom stereocenters. The molecule has 2 unspecified atom stereocenters. The minimum absolute atomic E-state index is 0.0125. The molecule has 1 heterocycles. The standard InChI is InChI=1S/C26H34N2O3/c1-4-5-18-28-24(29)15-14-22(25(28)21-12-8-9-13-23(21)31-3)26(30)27-17-16-20-11-7-6-10-19(20)2/h6-13,22,25H,4-5,14-18H2,1-3H3,(H,27,30). The topological polar surface area (TPSA) is 58.6 Å². The largest absolute Gasteiger partial charge is 0.496 e. The van der Waals surface area contributed by atoms with Crippen LogP contribution in [0.5, 0.6) is 5.75 Å². The third-order valence-corrected chi connectivity index (χ3v) is 6.21. The summed E-state index contributed by atoms with van der Waals surface area (Å²) in [6.07, 6.45) is 3.67. The third-order valence-electron chi connectivity index (χ3n) is 6.21. The number of benzene rings is 2. The zero-order chi connectivity index (χ0) is 22.2. The van der Waals surface area contributed by atoms with E-state index in [1.807, 2.05) is 41.3 Å². The summed E-state index contributed by atoms with van der Waals surface area (Å²) < 4.78 is 5.60. The van der Waals surface area contributed by atoms with Gasteiger partial charge in [0, 0.05) is 25.1 Å². The molecule has 2 aromatic rings. The van der Waals surface area contributed by atoms with Gasteiger partial charge in [0.2, 0.25) is 11.8 Å². The van der Waals surface area contributed by atoms with E-state index in [1.165, 1.54) is 11.1 Å². The first-order valence-corrected chi connectivity index (χ1v) is 11.3. The van der Waals surface area contributed by atoms with Crippen molar-refractivity contribution in [2.75, 3.05) is 20.2 Å². The highest BCUT2D eigenvalue weighted by Crippen LogP contribution is 2.40. The number of unbranched alkanes of at least 4 members (excludes halogenated alkanes) is 1. The van der Waals surface area contributed by atoms with Crippen molar-refractivity contribution in [1.29, 1.82) is 0 Å². The predicted octanol–water partition coefficient (Wildman–Crippen LogP) is 4.44. The minimum Gasteiger partial charge on any atom is -0.496 e. The van der Waals surface area contributed by atoms with Crippen molar-refractivity contribution in [1.82, 2.24) is 10.2 Å². The molecule has 2 amide bonds. The molecule has 0 aromatic heterocycles. The van der Waals surface area contributed by atoms with Crippen LogP contribution in [0.15, 0.2) is 48.5 Å². The normalized spacial score (nSPS) is 18.7. The lowest BCUT2D eigenvalue weighted by atomic mass is 9.83. The van der Waals surface area contributed by atoms with Crippen molar-refractivity contribution < 1.29 is 14.3 Å². The molecule has 0 bridgehead atoms. The number of ether oxygens (including phenoxy) is 1. The zero-order valence-electron chi connectivity index (χ0n) is 18.9. The van der Waals surface area contributed by atoms with E-state index >= 15 is 0 Å². The van der Waals surface area contributed by atoms with Gasteiger partial charge in [-0.1, -0.05) is 55.8 Å². The van der Waals surface area contributed by atoms with Crippen LogP contribution < -0.4 is 10.1 Å². The van der Waals surface area contributed by atoms with Crippen LogP contribution in [0.3, 0.4) is 0 Å². The Morgan fingerprint density at radius 3 is 2.65 bits per heavy atom. The molecule has 1 aliphatic rings. The Morgan fingerprint density at radius 2 is 1.90 bits per heavy atom. The van der Waals surface area contributed by atoms with Crippen LogP contribution in [0.1, 0.15) is 55.3 Å². The van der Waals surface area contributed by atoms with Crippen LogP contribution in [-0.4, -0.2) is 36.9 Å². The quantitative estimate of drug-likeness (QED) is 0.650. The number of carbonyl (C=O) groups excluding carboxylic acids is 2. The number of para-hydroxylation sites is 1. The van der Waals surface area contributed by atoms with Crippen molar-refractivity contribution in [3.05, 3.63) is 65.2 Å². The van der Waals surface area contributed by atoms with E-state index in [1.54, 1.807) is 7.11 Å². The number of carbonyl (C=O) groups is 2. The van der Waals surface area contributed by atoms with Crippen molar-refractivity contribution in [2.24, 2.45) is 5.92 Å². The van der Waals surface area contributed by atoms with E-state index in [4.69, 9.17) is 4.74 Å². The number of piperidine rings is 1.